The van der Waals surface area contributed by atoms with E-state index in [4.69, 9.17) is 0 Å². The van der Waals surface area contributed by atoms with Crippen molar-refractivity contribution in [3.63, 3.8) is 0 Å². The summed E-state index contributed by atoms with van der Waals surface area (Å²) in [5, 5.41) is 10.9. The molecule has 4 rings (SSSR count). The molecular formula is C21H26N4O3. The van der Waals surface area contributed by atoms with Crippen LogP contribution >= 0.6 is 0 Å². The predicted octanol–water partition coefficient (Wildman–Crippen LogP) is 2.55. The SMILES string of the molecule is CN1CCN(C(=O)N2C=C(C(=O)O)c3[nH]c4ccccc4c3C(C)(C)C2)CC1. The van der Waals surface area contributed by atoms with Crippen LogP contribution in [-0.2, 0) is 10.2 Å². The first-order chi connectivity index (χ1) is 13.3. The molecule has 2 amide bonds. The molecule has 0 unspecified atom stereocenters. The lowest BCUT2D eigenvalue weighted by Crippen LogP contribution is -2.52. The van der Waals surface area contributed by atoms with Crippen molar-refractivity contribution in [3.8, 4) is 0 Å². The highest BCUT2D eigenvalue weighted by molar-refractivity contribution is 6.17. The number of urea groups is 1. The summed E-state index contributed by atoms with van der Waals surface area (Å²) in [6.07, 6.45) is 1.51. The molecule has 1 aromatic carbocycles. The van der Waals surface area contributed by atoms with E-state index in [0.29, 0.717) is 25.3 Å². The fourth-order valence-corrected chi connectivity index (χ4v) is 4.28. The molecule has 7 nitrogen and oxygen atoms in total. The molecular weight excluding hydrogens is 356 g/mol. The Morgan fingerprint density at radius 2 is 1.79 bits per heavy atom. The van der Waals surface area contributed by atoms with Crippen molar-refractivity contribution >= 4 is 28.5 Å². The Hall–Kier alpha value is -2.80. The largest absolute Gasteiger partial charge is 0.478 e. The van der Waals surface area contributed by atoms with Crippen LogP contribution in [0.2, 0.25) is 0 Å². The maximum absolute atomic E-state index is 13.2. The number of carboxylic acid groups (broad SMARTS) is 1. The number of benzene rings is 1. The number of piperazine rings is 1. The summed E-state index contributed by atoms with van der Waals surface area (Å²) in [7, 11) is 2.04. The third-order valence-corrected chi connectivity index (χ3v) is 5.75. The number of hydrogen-bond acceptors (Lipinski definition) is 3. The van der Waals surface area contributed by atoms with Gasteiger partial charge in [0, 0.05) is 55.2 Å². The lowest BCUT2D eigenvalue weighted by molar-refractivity contribution is -0.130. The molecule has 148 valence electrons. The summed E-state index contributed by atoms with van der Waals surface area (Å²) in [5.74, 6) is -1.04. The van der Waals surface area contributed by atoms with Crippen molar-refractivity contribution in [2.24, 2.45) is 0 Å². The second kappa shape index (κ2) is 6.67. The number of carbonyl (C=O) groups is 2. The molecule has 1 saturated heterocycles. The van der Waals surface area contributed by atoms with Crippen molar-refractivity contribution in [1.29, 1.82) is 0 Å². The summed E-state index contributed by atoms with van der Waals surface area (Å²) in [5.41, 5.74) is 2.16. The molecule has 28 heavy (non-hydrogen) atoms. The zero-order valence-electron chi connectivity index (χ0n) is 16.5. The van der Waals surface area contributed by atoms with E-state index in [1.807, 2.05) is 36.2 Å². The third-order valence-electron chi connectivity index (χ3n) is 5.75. The van der Waals surface area contributed by atoms with Gasteiger partial charge >= 0.3 is 12.0 Å². The number of rotatable bonds is 1. The van der Waals surface area contributed by atoms with Crippen LogP contribution in [0, 0.1) is 0 Å². The summed E-state index contributed by atoms with van der Waals surface area (Å²) in [6.45, 7) is 7.49. The first-order valence-electron chi connectivity index (χ1n) is 9.59. The van der Waals surface area contributed by atoms with Crippen molar-refractivity contribution in [2.75, 3.05) is 39.8 Å². The quantitative estimate of drug-likeness (QED) is 0.794. The highest BCUT2D eigenvalue weighted by Gasteiger charge is 2.38. The smallest absolute Gasteiger partial charge is 0.339 e. The molecule has 0 atom stereocenters. The molecule has 7 heteroatoms. The number of carbonyl (C=O) groups excluding carboxylic acids is 1. The Morgan fingerprint density at radius 1 is 1.11 bits per heavy atom. The van der Waals surface area contributed by atoms with Gasteiger partial charge < -0.3 is 19.9 Å². The molecule has 2 N–H and O–H groups in total. The summed E-state index contributed by atoms with van der Waals surface area (Å²) >= 11 is 0. The number of carboxylic acids is 1. The van der Waals surface area contributed by atoms with Crippen LogP contribution < -0.4 is 0 Å². The van der Waals surface area contributed by atoms with E-state index in [1.54, 1.807) is 4.90 Å². The number of aliphatic carboxylic acids is 1. The van der Waals surface area contributed by atoms with Gasteiger partial charge in [0.15, 0.2) is 0 Å². The zero-order chi connectivity index (χ0) is 20.1. The van der Waals surface area contributed by atoms with Gasteiger partial charge in [-0.05, 0) is 18.7 Å². The van der Waals surface area contributed by atoms with E-state index >= 15 is 0 Å². The summed E-state index contributed by atoms with van der Waals surface area (Å²) < 4.78 is 0. The number of nitrogens with one attached hydrogen (secondary N) is 1. The van der Waals surface area contributed by atoms with Crippen LogP contribution in [-0.4, -0.2) is 76.6 Å². The first-order valence-corrected chi connectivity index (χ1v) is 9.59. The Labute approximate surface area is 164 Å². The van der Waals surface area contributed by atoms with Gasteiger partial charge in [0.1, 0.15) is 0 Å². The summed E-state index contributed by atoms with van der Waals surface area (Å²) in [6, 6.07) is 7.71. The minimum absolute atomic E-state index is 0.124. The van der Waals surface area contributed by atoms with E-state index < -0.39 is 11.4 Å². The molecule has 2 aliphatic heterocycles. The van der Waals surface area contributed by atoms with Gasteiger partial charge in [-0.3, -0.25) is 4.90 Å². The number of amides is 2. The number of para-hydroxylation sites is 1. The molecule has 2 aliphatic rings. The van der Waals surface area contributed by atoms with Crippen LogP contribution in [0.5, 0.6) is 0 Å². The van der Waals surface area contributed by atoms with E-state index in [9.17, 15) is 14.7 Å². The number of H-pyrrole nitrogens is 1. The summed E-state index contributed by atoms with van der Waals surface area (Å²) in [4.78, 5) is 34.1. The number of hydrogen-bond donors (Lipinski definition) is 2. The fourth-order valence-electron chi connectivity index (χ4n) is 4.28. The lowest BCUT2D eigenvalue weighted by Gasteiger charge is -2.37. The van der Waals surface area contributed by atoms with Gasteiger partial charge in [-0.2, -0.15) is 0 Å². The zero-order valence-corrected chi connectivity index (χ0v) is 16.5. The van der Waals surface area contributed by atoms with Crippen LogP contribution in [0.4, 0.5) is 4.79 Å². The van der Waals surface area contributed by atoms with Crippen molar-refractivity contribution in [3.05, 3.63) is 41.7 Å². The molecule has 1 fully saturated rings. The topological polar surface area (TPSA) is 79.9 Å². The molecule has 3 heterocycles. The van der Waals surface area contributed by atoms with Crippen molar-refractivity contribution in [2.45, 2.75) is 19.3 Å². The number of nitrogens with zero attached hydrogens (tertiary/aromatic N) is 3. The van der Waals surface area contributed by atoms with Gasteiger partial charge in [0.25, 0.3) is 0 Å². The Balaban J connectivity index is 1.79. The van der Waals surface area contributed by atoms with Gasteiger partial charge in [0.2, 0.25) is 0 Å². The standard InChI is InChI=1S/C21H26N4O3/c1-21(2)13-25(20(28)24-10-8-23(3)9-11-24)12-15(19(26)27)18-17(21)14-6-4-5-7-16(14)22-18/h4-7,12,22H,8-11,13H2,1-3H3,(H,26,27). The normalized spacial score (nSPS) is 19.9. The maximum Gasteiger partial charge on any atom is 0.339 e. The molecule has 0 radical (unpaired) electrons. The van der Waals surface area contributed by atoms with Crippen molar-refractivity contribution < 1.29 is 14.7 Å². The van der Waals surface area contributed by atoms with E-state index in [0.717, 1.165) is 29.6 Å². The number of fused-ring (bicyclic) bond motifs is 3. The second-order valence-corrected chi connectivity index (χ2v) is 8.35. The molecule has 1 aromatic heterocycles. The van der Waals surface area contributed by atoms with Crippen LogP contribution in [0.1, 0.15) is 25.1 Å². The Bertz CT molecular complexity index is 967. The van der Waals surface area contributed by atoms with E-state index in [-0.39, 0.29) is 11.6 Å². The maximum atomic E-state index is 13.2. The number of aromatic nitrogens is 1. The molecule has 0 saturated carbocycles. The highest BCUT2D eigenvalue weighted by atomic mass is 16.4. The first kappa shape index (κ1) is 18.6. The monoisotopic (exact) mass is 382 g/mol. The minimum atomic E-state index is -1.04. The second-order valence-electron chi connectivity index (χ2n) is 8.35. The van der Waals surface area contributed by atoms with Crippen molar-refractivity contribution in [1.82, 2.24) is 19.7 Å². The minimum Gasteiger partial charge on any atom is -0.478 e. The van der Waals surface area contributed by atoms with Crippen LogP contribution in [0.15, 0.2) is 30.5 Å². The Kier molecular flexibility index (Phi) is 4.42. The molecule has 0 bridgehead atoms. The fraction of sp³-hybridized carbons (Fsp3) is 0.429. The van der Waals surface area contributed by atoms with Gasteiger partial charge in [-0.25, -0.2) is 9.59 Å². The average Bonchev–Trinajstić information content (AvgIpc) is 2.99. The van der Waals surface area contributed by atoms with E-state index in [1.165, 1.54) is 6.20 Å². The molecule has 0 spiro atoms. The van der Waals surface area contributed by atoms with Crippen LogP contribution in [0.3, 0.4) is 0 Å². The van der Waals surface area contributed by atoms with Gasteiger partial charge in [0.05, 0.1) is 11.3 Å². The van der Waals surface area contributed by atoms with Gasteiger partial charge in [-0.15, -0.1) is 0 Å². The predicted molar refractivity (Wildman–Crippen MR) is 108 cm³/mol. The number of aromatic amines is 1. The highest BCUT2D eigenvalue weighted by Crippen LogP contribution is 2.40. The average molecular weight is 382 g/mol. The third kappa shape index (κ3) is 3.05. The molecule has 2 aromatic rings. The number of likely N-dealkylation sites (N-methyl/N-ethyl adjacent to an activating group) is 1. The van der Waals surface area contributed by atoms with E-state index in [2.05, 4.69) is 23.7 Å². The van der Waals surface area contributed by atoms with Crippen LogP contribution in [0.25, 0.3) is 16.5 Å². The van der Waals surface area contributed by atoms with Gasteiger partial charge in [-0.1, -0.05) is 32.0 Å². The Morgan fingerprint density at radius 3 is 2.46 bits per heavy atom. The molecule has 0 aliphatic carbocycles. The lowest BCUT2D eigenvalue weighted by atomic mass is 9.82.